The lowest BCUT2D eigenvalue weighted by Crippen LogP contribution is -2.32. The zero-order chi connectivity index (χ0) is 13.7. The van der Waals surface area contributed by atoms with Crippen LogP contribution in [-0.4, -0.2) is 31.1 Å². The third-order valence-electron chi connectivity index (χ3n) is 4.46. The van der Waals surface area contributed by atoms with Crippen LogP contribution in [-0.2, 0) is 0 Å². The number of rotatable bonds is 4. The molecule has 0 radical (unpaired) electrons. The molecule has 2 rings (SSSR count). The second-order valence-corrected chi connectivity index (χ2v) is 5.99. The molecule has 1 heterocycles. The van der Waals surface area contributed by atoms with Gasteiger partial charge in [-0.05, 0) is 56.5 Å². The second kappa shape index (κ2) is 7.06. The van der Waals surface area contributed by atoms with Gasteiger partial charge in [0, 0.05) is 19.0 Å². The Morgan fingerprint density at radius 3 is 2.32 bits per heavy atom. The molecule has 1 aromatic rings. The monoisotopic (exact) mass is 260 g/mol. The molecule has 0 aromatic heterocycles. The van der Waals surface area contributed by atoms with Crippen LogP contribution < -0.4 is 5.73 Å². The van der Waals surface area contributed by atoms with Crippen LogP contribution >= 0.6 is 0 Å². The Labute approximate surface area is 118 Å². The molecule has 0 saturated carbocycles. The maximum Gasteiger partial charge on any atom is 0.00889 e. The molecule has 0 spiro atoms. The minimum absolute atomic E-state index is 0.484. The minimum atomic E-state index is 0.484. The Morgan fingerprint density at radius 1 is 1.05 bits per heavy atom. The third kappa shape index (κ3) is 4.05. The number of benzene rings is 1. The predicted molar refractivity (Wildman–Crippen MR) is 82.6 cm³/mol. The van der Waals surface area contributed by atoms with Gasteiger partial charge < -0.3 is 10.6 Å². The number of likely N-dealkylation sites (tertiary alicyclic amines) is 1. The molecule has 2 nitrogen and oxygen atoms in total. The van der Waals surface area contributed by atoms with Gasteiger partial charge in [-0.3, -0.25) is 0 Å². The number of hydrogen-bond acceptors (Lipinski definition) is 2. The van der Waals surface area contributed by atoms with Gasteiger partial charge in [0.25, 0.3) is 0 Å². The van der Waals surface area contributed by atoms with Crippen molar-refractivity contribution in [3.8, 4) is 0 Å². The number of aryl methyl sites for hydroxylation is 2. The number of hydrogen-bond donors (Lipinski definition) is 1. The third-order valence-corrected chi connectivity index (χ3v) is 4.46. The van der Waals surface area contributed by atoms with E-state index in [0.717, 1.165) is 13.1 Å². The summed E-state index contributed by atoms with van der Waals surface area (Å²) in [5.41, 5.74) is 10.2. The van der Waals surface area contributed by atoms with Crippen molar-refractivity contribution in [1.82, 2.24) is 4.90 Å². The first-order valence-electron chi connectivity index (χ1n) is 7.70. The van der Waals surface area contributed by atoms with E-state index in [1.54, 1.807) is 0 Å². The second-order valence-electron chi connectivity index (χ2n) is 5.99. The highest BCUT2D eigenvalue weighted by Gasteiger charge is 2.16. The smallest absolute Gasteiger partial charge is 0.00889 e. The van der Waals surface area contributed by atoms with Crippen molar-refractivity contribution in [1.29, 1.82) is 0 Å². The van der Waals surface area contributed by atoms with Crippen molar-refractivity contribution in [2.75, 3.05) is 26.2 Å². The lowest BCUT2D eigenvalue weighted by molar-refractivity contribution is 0.267. The fourth-order valence-corrected chi connectivity index (χ4v) is 2.97. The fourth-order valence-electron chi connectivity index (χ4n) is 2.97. The van der Waals surface area contributed by atoms with E-state index >= 15 is 0 Å². The maximum atomic E-state index is 6.02. The molecule has 19 heavy (non-hydrogen) atoms. The summed E-state index contributed by atoms with van der Waals surface area (Å²) in [6.45, 7) is 8.74. The lowest BCUT2D eigenvalue weighted by Gasteiger charge is -2.26. The van der Waals surface area contributed by atoms with E-state index in [-0.39, 0.29) is 0 Å². The van der Waals surface area contributed by atoms with E-state index in [1.165, 1.54) is 55.5 Å². The van der Waals surface area contributed by atoms with Crippen LogP contribution in [0.5, 0.6) is 0 Å². The van der Waals surface area contributed by atoms with Crippen LogP contribution in [0.2, 0.25) is 0 Å². The first kappa shape index (κ1) is 14.5. The average molecular weight is 260 g/mol. The summed E-state index contributed by atoms with van der Waals surface area (Å²) < 4.78 is 0. The quantitative estimate of drug-likeness (QED) is 0.900. The van der Waals surface area contributed by atoms with Crippen LogP contribution in [0.4, 0.5) is 0 Å². The van der Waals surface area contributed by atoms with E-state index in [9.17, 15) is 0 Å². The van der Waals surface area contributed by atoms with E-state index < -0.39 is 0 Å². The summed E-state index contributed by atoms with van der Waals surface area (Å²) in [5, 5.41) is 0. The van der Waals surface area contributed by atoms with Crippen molar-refractivity contribution in [3.63, 3.8) is 0 Å². The molecule has 1 aliphatic heterocycles. The highest BCUT2D eigenvalue weighted by atomic mass is 15.1. The SMILES string of the molecule is Cc1ccc(C(CN)CN2CCCCCC2)cc1C. The van der Waals surface area contributed by atoms with Gasteiger partial charge in [0.1, 0.15) is 0 Å². The normalized spacial score (nSPS) is 19.1. The van der Waals surface area contributed by atoms with Gasteiger partial charge in [-0.1, -0.05) is 31.0 Å². The van der Waals surface area contributed by atoms with Gasteiger partial charge in [0.15, 0.2) is 0 Å². The molecule has 0 amide bonds. The van der Waals surface area contributed by atoms with E-state index in [0.29, 0.717) is 5.92 Å². The Bertz CT molecular complexity index is 392. The van der Waals surface area contributed by atoms with Crippen LogP contribution in [0.1, 0.15) is 48.3 Å². The van der Waals surface area contributed by atoms with Crippen molar-refractivity contribution in [2.24, 2.45) is 5.73 Å². The molecule has 0 bridgehead atoms. The predicted octanol–water partition coefficient (Wildman–Crippen LogP) is 3.22. The number of nitrogens with two attached hydrogens (primary N) is 1. The van der Waals surface area contributed by atoms with Crippen molar-refractivity contribution >= 4 is 0 Å². The van der Waals surface area contributed by atoms with Gasteiger partial charge in [0.2, 0.25) is 0 Å². The summed E-state index contributed by atoms with van der Waals surface area (Å²) >= 11 is 0. The van der Waals surface area contributed by atoms with Gasteiger partial charge in [-0.25, -0.2) is 0 Å². The van der Waals surface area contributed by atoms with E-state index in [4.69, 9.17) is 5.73 Å². The summed E-state index contributed by atoms with van der Waals surface area (Å²) in [6.07, 6.45) is 5.50. The fraction of sp³-hybridized carbons (Fsp3) is 0.647. The molecular weight excluding hydrogens is 232 g/mol. The molecule has 0 aliphatic carbocycles. The van der Waals surface area contributed by atoms with Gasteiger partial charge >= 0.3 is 0 Å². The van der Waals surface area contributed by atoms with Crippen LogP contribution in [0.3, 0.4) is 0 Å². The van der Waals surface area contributed by atoms with Crippen molar-refractivity contribution < 1.29 is 0 Å². The highest BCUT2D eigenvalue weighted by Crippen LogP contribution is 2.21. The molecule has 1 unspecified atom stereocenters. The Kier molecular flexibility index (Phi) is 5.41. The first-order valence-corrected chi connectivity index (χ1v) is 7.70. The Morgan fingerprint density at radius 2 is 1.74 bits per heavy atom. The number of nitrogens with zero attached hydrogens (tertiary/aromatic N) is 1. The van der Waals surface area contributed by atoms with Gasteiger partial charge in [0.05, 0.1) is 0 Å². The summed E-state index contributed by atoms with van der Waals surface area (Å²) in [7, 11) is 0. The summed E-state index contributed by atoms with van der Waals surface area (Å²) in [5.74, 6) is 0.484. The summed E-state index contributed by atoms with van der Waals surface area (Å²) in [4.78, 5) is 2.61. The first-order chi connectivity index (χ1) is 9.20. The standard InChI is InChI=1S/C17H28N2/c1-14-7-8-16(11-15(14)2)17(12-18)13-19-9-5-3-4-6-10-19/h7-8,11,17H,3-6,9-10,12-13,18H2,1-2H3. The molecular formula is C17H28N2. The molecule has 106 valence electrons. The van der Waals surface area contributed by atoms with Crippen molar-refractivity contribution in [2.45, 2.75) is 45.4 Å². The highest BCUT2D eigenvalue weighted by molar-refractivity contribution is 5.32. The molecule has 2 heteroatoms. The zero-order valence-electron chi connectivity index (χ0n) is 12.5. The zero-order valence-corrected chi connectivity index (χ0v) is 12.5. The lowest BCUT2D eigenvalue weighted by atomic mass is 9.95. The average Bonchev–Trinajstić information content (AvgIpc) is 2.68. The molecule has 2 N–H and O–H groups in total. The molecule has 1 saturated heterocycles. The summed E-state index contributed by atoms with van der Waals surface area (Å²) in [6, 6.07) is 6.82. The Balaban J connectivity index is 2.03. The molecule has 1 fully saturated rings. The van der Waals surface area contributed by atoms with Gasteiger partial charge in [-0.15, -0.1) is 0 Å². The van der Waals surface area contributed by atoms with Crippen LogP contribution in [0, 0.1) is 13.8 Å². The Hall–Kier alpha value is -0.860. The molecule has 1 atom stereocenters. The maximum absolute atomic E-state index is 6.02. The van der Waals surface area contributed by atoms with E-state index in [2.05, 4.69) is 36.9 Å². The van der Waals surface area contributed by atoms with Gasteiger partial charge in [-0.2, -0.15) is 0 Å². The minimum Gasteiger partial charge on any atom is -0.330 e. The largest absolute Gasteiger partial charge is 0.330 e. The van der Waals surface area contributed by atoms with Crippen LogP contribution in [0.15, 0.2) is 18.2 Å². The molecule has 1 aromatic carbocycles. The van der Waals surface area contributed by atoms with Crippen LogP contribution in [0.25, 0.3) is 0 Å². The topological polar surface area (TPSA) is 29.3 Å². The van der Waals surface area contributed by atoms with Crippen molar-refractivity contribution in [3.05, 3.63) is 34.9 Å². The van der Waals surface area contributed by atoms with E-state index in [1.807, 2.05) is 0 Å². The molecule has 1 aliphatic rings.